The van der Waals surface area contributed by atoms with E-state index in [4.69, 9.17) is 5.73 Å². The molecule has 0 aromatic heterocycles. The zero-order chi connectivity index (χ0) is 14.8. The lowest BCUT2D eigenvalue weighted by Gasteiger charge is -2.10. The summed E-state index contributed by atoms with van der Waals surface area (Å²) in [5, 5.41) is 3.70. The summed E-state index contributed by atoms with van der Waals surface area (Å²) in [6, 6.07) is 6.39. The number of para-hydroxylation sites is 1. The van der Waals surface area contributed by atoms with Crippen LogP contribution in [0.5, 0.6) is 0 Å². The molecule has 7 heteroatoms. The molecular formula is C13H14N2O4S. The highest BCUT2D eigenvalue weighted by atomic mass is 32.2. The smallest absolute Gasteiger partial charge is 0.250 e. The van der Waals surface area contributed by atoms with Crippen molar-refractivity contribution >= 4 is 27.3 Å². The fourth-order valence-electron chi connectivity index (χ4n) is 2.01. The van der Waals surface area contributed by atoms with Crippen molar-refractivity contribution in [1.82, 2.24) is 0 Å². The Morgan fingerprint density at radius 3 is 2.60 bits per heavy atom. The van der Waals surface area contributed by atoms with E-state index in [1.165, 1.54) is 12.1 Å². The van der Waals surface area contributed by atoms with Crippen molar-refractivity contribution in [2.45, 2.75) is 6.42 Å². The molecule has 1 aliphatic heterocycles. The van der Waals surface area contributed by atoms with Gasteiger partial charge in [-0.15, -0.1) is 0 Å². The molecule has 0 spiro atoms. The molecule has 0 radical (unpaired) electrons. The van der Waals surface area contributed by atoms with Crippen molar-refractivity contribution in [3.05, 3.63) is 41.3 Å². The normalized spacial score (nSPS) is 19.7. The minimum Gasteiger partial charge on any atom is -0.366 e. The zero-order valence-corrected chi connectivity index (χ0v) is 11.4. The number of rotatable bonds is 4. The summed E-state index contributed by atoms with van der Waals surface area (Å²) in [6.07, 6.45) is 1.55. The first-order valence-corrected chi connectivity index (χ1v) is 7.68. The van der Waals surface area contributed by atoms with E-state index in [0.717, 1.165) is 5.41 Å². The molecule has 0 saturated heterocycles. The molecule has 0 bridgehead atoms. The molecular weight excluding hydrogens is 280 g/mol. The monoisotopic (exact) mass is 294 g/mol. The number of primary amides is 1. The predicted molar refractivity (Wildman–Crippen MR) is 74.6 cm³/mol. The molecule has 20 heavy (non-hydrogen) atoms. The molecule has 1 atom stereocenters. The van der Waals surface area contributed by atoms with E-state index in [0.29, 0.717) is 5.69 Å². The predicted octanol–water partition coefficient (Wildman–Crippen LogP) is 0.672. The van der Waals surface area contributed by atoms with Crippen molar-refractivity contribution in [3.63, 3.8) is 0 Å². The van der Waals surface area contributed by atoms with Crippen LogP contribution >= 0.6 is 0 Å². The first-order valence-electron chi connectivity index (χ1n) is 5.97. The molecule has 0 fully saturated rings. The maximum Gasteiger partial charge on any atom is 0.250 e. The Bertz CT molecular complexity index is 679. The third-order valence-electron chi connectivity index (χ3n) is 2.92. The van der Waals surface area contributed by atoms with Gasteiger partial charge in [0.1, 0.15) is 0 Å². The average Bonchev–Trinajstić information content (AvgIpc) is 2.68. The van der Waals surface area contributed by atoms with E-state index in [-0.39, 0.29) is 29.6 Å². The lowest BCUT2D eigenvalue weighted by molar-refractivity contribution is -0.116. The van der Waals surface area contributed by atoms with Crippen LogP contribution in [0.2, 0.25) is 0 Å². The van der Waals surface area contributed by atoms with Gasteiger partial charge in [0, 0.05) is 17.7 Å². The zero-order valence-electron chi connectivity index (χ0n) is 10.6. The summed E-state index contributed by atoms with van der Waals surface area (Å²) in [5.41, 5.74) is 5.76. The van der Waals surface area contributed by atoms with Crippen LogP contribution in [0.15, 0.2) is 35.7 Å². The second-order valence-corrected chi connectivity index (χ2v) is 6.51. The highest BCUT2D eigenvalue weighted by molar-refractivity contribution is 7.94. The van der Waals surface area contributed by atoms with Gasteiger partial charge in [-0.1, -0.05) is 18.2 Å². The fourth-order valence-corrected chi connectivity index (χ4v) is 3.41. The molecule has 0 unspecified atom stereocenters. The van der Waals surface area contributed by atoms with Crippen molar-refractivity contribution in [2.75, 3.05) is 11.1 Å². The van der Waals surface area contributed by atoms with Crippen molar-refractivity contribution < 1.29 is 18.0 Å². The van der Waals surface area contributed by atoms with Crippen LogP contribution in [-0.2, 0) is 14.6 Å². The first kappa shape index (κ1) is 14.3. The molecule has 1 aromatic rings. The minimum atomic E-state index is -3.17. The number of anilines is 1. The minimum absolute atomic E-state index is 0.0445. The average molecular weight is 294 g/mol. The third-order valence-corrected chi connectivity index (χ3v) is 4.38. The number of nitrogens with one attached hydrogen (secondary N) is 1. The molecule has 6 nitrogen and oxygen atoms in total. The van der Waals surface area contributed by atoms with E-state index in [1.807, 2.05) is 0 Å². The van der Waals surface area contributed by atoms with Gasteiger partial charge in [0.15, 0.2) is 9.84 Å². The Kier molecular flexibility index (Phi) is 3.89. The van der Waals surface area contributed by atoms with Gasteiger partial charge in [0.25, 0.3) is 5.91 Å². The number of allylic oxidation sites excluding steroid dienone is 1. The second-order valence-electron chi connectivity index (χ2n) is 4.58. The second kappa shape index (κ2) is 5.46. The maximum absolute atomic E-state index is 11.9. The standard InChI is InChI=1S/C13H14N2O4S/c14-13(17)10-3-1-2-4-11(10)15-12(16)7-9-5-6-20(18,19)8-9/h1-6,9H,7-8H2,(H2,14,17)(H,15,16)/t9-/m0/s1. The Balaban J connectivity index is 2.03. The number of amides is 2. The molecule has 2 amide bonds. The Morgan fingerprint density at radius 1 is 1.30 bits per heavy atom. The van der Waals surface area contributed by atoms with Gasteiger partial charge in [0.05, 0.1) is 17.0 Å². The number of nitrogens with two attached hydrogens (primary N) is 1. The van der Waals surface area contributed by atoms with E-state index < -0.39 is 15.7 Å². The third kappa shape index (κ3) is 3.45. The van der Waals surface area contributed by atoms with Gasteiger partial charge in [-0.05, 0) is 12.1 Å². The topological polar surface area (TPSA) is 106 Å². The molecule has 1 heterocycles. The van der Waals surface area contributed by atoms with Gasteiger partial charge in [0.2, 0.25) is 5.91 Å². The quantitative estimate of drug-likeness (QED) is 0.851. The van der Waals surface area contributed by atoms with Crippen LogP contribution in [0.3, 0.4) is 0 Å². The van der Waals surface area contributed by atoms with Crippen molar-refractivity contribution in [2.24, 2.45) is 11.7 Å². The van der Waals surface area contributed by atoms with Crippen LogP contribution in [0, 0.1) is 5.92 Å². The molecule has 2 rings (SSSR count). The number of sulfone groups is 1. The molecule has 0 aliphatic carbocycles. The van der Waals surface area contributed by atoms with Crippen molar-refractivity contribution in [1.29, 1.82) is 0 Å². The maximum atomic E-state index is 11.9. The van der Waals surface area contributed by atoms with Gasteiger partial charge in [-0.2, -0.15) is 0 Å². The number of hydrogen-bond acceptors (Lipinski definition) is 4. The molecule has 1 aromatic carbocycles. The summed E-state index contributed by atoms with van der Waals surface area (Å²) in [7, 11) is -3.17. The fraction of sp³-hybridized carbons (Fsp3) is 0.231. The molecule has 1 aliphatic rings. The SMILES string of the molecule is NC(=O)c1ccccc1NC(=O)C[C@@H]1C=CS(=O)(=O)C1. The van der Waals surface area contributed by atoms with E-state index >= 15 is 0 Å². The number of hydrogen-bond donors (Lipinski definition) is 2. The summed E-state index contributed by atoms with van der Waals surface area (Å²) < 4.78 is 22.5. The van der Waals surface area contributed by atoms with E-state index in [1.54, 1.807) is 18.2 Å². The lowest BCUT2D eigenvalue weighted by atomic mass is 10.1. The Morgan fingerprint density at radius 2 is 2.00 bits per heavy atom. The Hall–Kier alpha value is -2.15. The summed E-state index contributed by atoms with van der Waals surface area (Å²) in [4.78, 5) is 23.1. The number of carbonyl (C=O) groups excluding carboxylic acids is 2. The van der Waals surface area contributed by atoms with Crippen LogP contribution in [0.1, 0.15) is 16.8 Å². The number of benzene rings is 1. The largest absolute Gasteiger partial charge is 0.366 e. The first-order chi connectivity index (χ1) is 9.37. The van der Waals surface area contributed by atoms with Crippen LogP contribution < -0.4 is 11.1 Å². The summed E-state index contributed by atoms with van der Waals surface area (Å²) >= 11 is 0. The van der Waals surface area contributed by atoms with E-state index in [2.05, 4.69) is 5.32 Å². The van der Waals surface area contributed by atoms with Crippen LogP contribution in [0.4, 0.5) is 5.69 Å². The van der Waals surface area contributed by atoms with Crippen molar-refractivity contribution in [3.8, 4) is 0 Å². The van der Waals surface area contributed by atoms with Gasteiger partial charge >= 0.3 is 0 Å². The van der Waals surface area contributed by atoms with Gasteiger partial charge in [-0.25, -0.2) is 8.42 Å². The van der Waals surface area contributed by atoms with Gasteiger partial charge < -0.3 is 11.1 Å². The molecule has 0 saturated carbocycles. The van der Waals surface area contributed by atoms with Crippen LogP contribution in [-0.4, -0.2) is 26.0 Å². The van der Waals surface area contributed by atoms with Gasteiger partial charge in [-0.3, -0.25) is 9.59 Å². The highest BCUT2D eigenvalue weighted by Crippen LogP contribution is 2.20. The van der Waals surface area contributed by atoms with E-state index in [9.17, 15) is 18.0 Å². The molecule has 106 valence electrons. The highest BCUT2D eigenvalue weighted by Gasteiger charge is 2.24. The van der Waals surface area contributed by atoms with Crippen LogP contribution in [0.25, 0.3) is 0 Å². The Labute approximate surface area is 116 Å². The summed E-state index contributed by atoms with van der Waals surface area (Å²) in [5.74, 6) is -1.38. The number of carbonyl (C=O) groups is 2. The lowest BCUT2D eigenvalue weighted by Crippen LogP contribution is -2.20. The summed E-state index contributed by atoms with van der Waals surface area (Å²) in [6.45, 7) is 0. The molecule has 3 N–H and O–H groups in total.